The van der Waals surface area contributed by atoms with Crippen LogP contribution in [0.1, 0.15) is 51.5 Å². The van der Waals surface area contributed by atoms with E-state index in [1.165, 1.54) is 12.1 Å². The van der Waals surface area contributed by atoms with Gasteiger partial charge in [0.15, 0.2) is 0 Å². The van der Waals surface area contributed by atoms with Crippen molar-refractivity contribution in [1.29, 1.82) is 0 Å². The third-order valence-electron chi connectivity index (χ3n) is 3.86. The quantitative estimate of drug-likeness (QED) is 0.591. The summed E-state index contributed by atoms with van der Waals surface area (Å²) in [4.78, 5) is 11.5. The summed E-state index contributed by atoms with van der Waals surface area (Å²) in [5.41, 5.74) is 6.92. The molecular weight excluding hydrogens is 309 g/mol. The summed E-state index contributed by atoms with van der Waals surface area (Å²) in [5, 5.41) is 0. The predicted molar refractivity (Wildman–Crippen MR) is 93.2 cm³/mol. The first kappa shape index (κ1) is 20.6. The van der Waals surface area contributed by atoms with Gasteiger partial charge in [-0.25, -0.2) is 4.39 Å². The lowest BCUT2D eigenvalue weighted by Gasteiger charge is -2.18. The largest absolute Gasteiger partial charge is 0.465 e. The molecule has 1 aromatic rings. The van der Waals surface area contributed by atoms with Crippen molar-refractivity contribution < 1.29 is 18.7 Å². The van der Waals surface area contributed by atoms with Crippen molar-refractivity contribution in [3.8, 4) is 0 Å². The van der Waals surface area contributed by atoms with Crippen LogP contribution >= 0.6 is 0 Å². The third-order valence-corrected chi connectivity index (χ3v) is 3.86. The van der Waals surface area contributed by atoms with E-state index in [0.29, 0.717) is 13.0 Å². The zero-order chi connectivity index (χ0) is 17.8. The van der Waals surface area contributed by atoms with Crippen LogP contribution in [-0.4, -0.2) is 31.3 Å². The average molecular weight is 339 g/mol. The van der Waals surface area contributed by atoms with Crippen LogP contribution < -0.4 is 5.73 Å². The number of carbonyl (C=O) groups is 1. The number of aryl methyl sites for hydroxylation is 1. The van der Waals surface area contributed by atoms with Gasteiger partial charge in [0.25, 0.3) is 0 Å². The Balaban J connectivity index is 2.38. The molecule has 0 aliphatic carbocycles. The highest BCUT2D eigenvalue weighted by Gasteiger charge is 2.16. The SMILES string of the molecule is CCCOC(CCCC(N)C(=O)OCC)CCc1ccc(F)cc1. The molecule has 2 unspecified atom stereocenters. The van der Waals surface area contributed by atoms with E-state index in [2.05, 4.69) is 6.92 Å². The van der Waals surface area contributed by atoms with Crippen LogP contribution in [0, 0.1) is 5.82 Å². The van der Waals surface area contributed by atoms with Crippen molar-refractivity contribution >= 4 is 5.97 Å². The van der Waals surface area contributed by atoms with Crippen LogP contribution in [0.5, 0.6) is 0 Å². The first-order valence-corrected chi connectivity index (χ1v) is 8.85. The molecule has 1 aromatic carbocycles. The number of benzene rings is 1. The summed E-state index contributed by atoms with van der Waals surface area (Å²) in [6, 6.07) is 6.02. The van der Waals surface area contributed by atoms with E-state index in [4.69, 9.17) is 15.2 Å². The molecule has 0 bridgehead atoms. The van der Waals surface area contributed by atoms with Crippen molar-refractivity contribution in [1.82, 2.24) is 0 Å². The summed E-state index contributed by atoms with van der Waals surface area (Å²) in [6.45, 7) is 4.92. The normalized spacial score (nSPS) is 13.5. The molecule has 0 aliphatic rings. The van der Waals surface area contributed by atoms with Gasteiger partial charge in [0.2, 0.25) is 0 Å². The second-order valence-electron chi connectivity index (χ2n) is 5.95. The van der Waals surface area contributed by atoms with E-state index in [1.807, 2.05) is 12.1 Å². The van der Waals surface area contributed by atoms with E-state index in [-0.39, 0.29) is 17.9 Å². The molecule has 1 rings (SSSR count). The van der Waals surface area contributed by atoms with Crippen LogP contribution in [0.4, 0.5) is 4.39 Å². The highest BCUT2D eigenvalue weighted by atomic mass is 19.1. The second kappa shape index (κ2) is 12.0. The summed E-state index contributed by atoms with van der Waals surface area (Å²) in [7, 11) is 0. The third kappa shape index (κ3) is 8.41. The maximum atomic E-state index is 12.9. The number of nitrogens with two attached hydrogens (primary N) is 1. The van der Waals surface area contributed by atoms with Crippen molar-refractivity contribution in [2.75, 3.05) is 13.2 Å². The van der Waals surface area contributed by atoms with Gasteiger partial charge < -0.3 is 15.2 Å². The molecular formula is C19H30FNO3. The fourth-order valence-corrected chi connectivity index (χ4v) is 2.51. The van der Waals surface area contributed by atoms with E-state index < -0.39 is 6.04 Å². The Morgan fingerprint density at radius 3 is 2.50 bits per heavy atom. The minimum absolute atomic E-state index is 0.129. The first-order valence-electron chi connectivity index (χ1n) is 8.85. The molecule has 0 radical (unpaired) electrons. The summed E-state index contributed by atoms with van der Waals surface area (Å²) in [5.74, 6) is -0.555. The van der Waals surface area contributed by atoms with E-state index in [1.54, 1.807) is 6.92 Å². The van der Waals surface area contributed by atoms with Crippen LogP contribution in [-0.2, 0) is 20.7 Å². The van der Waals surface area contributed by atoms with Gasteiger partial charge in [-0.15, -0.1) is 0 Å². The summed E-state index contributed by atoms with van der Waals surface area (Å²) in [6.07, 6.45) is 5.09. The molecule has 0 saturated carbocycles. The standard InChI is InChI=1S/C19H30FNO3/c1-3-14-24-17(6-5-7-18(21)19(22)23-4-2)13-10-15-8-11-16(20)12-9-15/h8-9,11-12,17-18H,3-7,10,13-14,21H2,1-2H3. The van der Waals surface area contributed by atoms with Crippen LogP contribution in [0.3, 0.4) is 0 Å². The summed E-state index contributed by atoms with van der Waals surface area (Å²) < 4.78 is 23.8. The van der Waals surface area contributed by atoms with E-state index >= 15 is 0 Å². The van der Waals surface area contributed by atoms with Gasteiger partial charge in [-0.3, -0.25) is 4.79 Å². The van der Waals surface area contributed by atoms with Crippen molar-refractivity contribution in [3.05, 3.63) is 35.6 Å². The first-order chi connectivity index (χ1) is 11.6. The molecule has 0 aliphatic heterocycles. The Kier molecular flexibility index (Phi) is 10.3. The fourth-order valence-electron chi connectivity index (χ4n) is 2.51. The Morgan fingerprint density at radius 2 is 1.88 bits per heavy atom. The Labute approximate surface area is 144 Å². The molecule has 2 atom stereocenters. The molecule has 0 saturated heterocycles. The number of halogens is 1. The van der Waals surface area contributed by atoms with Crippen molar-refractivity contribution in [3.63, 3.8) is 0 Å². The van der Waals surface area contributed by atoms with Crippen molar-refractivity contribution in [2.24, 2.45) is 5.73 Å². The number of rotatable bonds is 12. The average Bonchev–Trinajstić information content (AvgIpc) is 2.58. The Hall–Kier alpha value is -1.46. The van der Waals surface area contributed by atoms with Gasteiger partial charge in [-0.05, 0) is 63.1 Å². The van der Waals surface area contributed by atoms with E-state index in [9.17, 15) is 9.18 Å². The zero-order valence-electron chi connectivity index (χ0n) is 14.8. The molecule has 136 valence electrons. The zero-order valence-corrected chi connectivity index (χ0v) is 14.8. The highest BCUT2D eigenvalue weighted by molar-refractivity contribution is 5.75. The molecule has 5 heteroatoms. The molecule has 0 spiro atoms. The van der Waals surface area contributed by atoms with E-state index in [0.717, 1.165) is 44.3 Å². The van der Waals surface area contributed by atoms with Gasteiger partial charge in [0.05, 0.1) is 12.7 Å². The second-order valence-corrected chi connectivity index (χ2v) is 5.95. The number of hydrogen-bond acceptors (Lipinski definition) is 4. The lowest BCUT2D eigenvalue weighted by molar-refractivity contribution is -0.144. The molecule has 24 heavy (non-hydrogen) atoms. The monoisotopic (exact) mass is 339 g/mol. The lowest BCUT2D eigenvalue weighted by atomic mass is 10.0. The van der Waals surface area contributed by atoms with Gasteiger partial charge in [0, 0.05) is 6.61 Å². The van der Waals surface area contributed by atoms with Gasteiger partial charge in [-0.2, -0.15) is 0 Å². The highest BCUT2D eigenvalue weighted by Crippen LogP contribution is 2.15. The van der Waals surface area contributed by atoms with Crippen LogP contribution in [0.25, 0.3) is 0 Å². The van der Waals surface area contributed by atoms with Gasteiger partial charge >= 0.3 is 5.97 Å². The lowest BCUT2D eigenvalue weighted by Crippen LogP contribution is -2.32. The van der Waals surface area contributed by atoms with Gasteiger partial charge in [0.1, 0.15) is 11.9 Å². The minimum Gasteiger partial charge on any atom is -0.465 e. The topological polar surface area (TPSA) is 61.5 Å². The molecule has 4 nitrogen and oxygen atoms in total. The van der Waals surface area contributed by atoms with Crippen LogP contribution in [0.2, 0.25) is 0 Å². The summed E-state index contributed by atoms with van der Waals surface area (Å²) >= 11 is 0. The molecule has 2 N–H and O–H groups in total. The molecule has 0 aromatic heterocycles. The maximum Gasteiger partial charge on any atom is 0.322 e. The molecule has 0 heterocycles. The fraction of sp³-hybridized carbons (Fsp3) is 0.632. The predicted octanol–water partition coefficient (Wildman–Crippen LogP) is 3.61. The Morgan fingerprint density at radius 1 is 1.17 bits per heavy atom. The smallest absolute Gasteiger partial charge is 0.322 e. The molecule has 0 amide bonds. The van der Waals surface area contributed by atoms with Gasteiger partial charge in [-0.1, -0.05) is 19.1 Å². The van der Waals surface area contributed by atoms with Crippen LogP contribution in [0.15, 0.2) is 24.3 Å². The number of ether oxygens (including phenoxy) is 2. The minimum atomic E-state index is -0.561. The van der Waals surface area contributed by atoms with Crippen molar-refractivity contribution in [2.45, 2.75) is 64.5 Å². The number of carbonyl (C=O) groups excluding carboxylic acids is 1. The number of hydrogen-bond donors (Lipinski definition) is 1. The maximum absolute atomic E-state index is 12.9. The Bertz CT molecular complexity index is 464. The molecule has 0 fully saturated rings. The number of esters is 1.